The Balaban J connectivity index is 1.64. The van der Waals surface area contributed by atoms with Crippen LogP contribution in [0.2, 0.25) is 0 Å². The highest BCUT2D eigenvalue weighted by atomic mass is 16.3. The molecule has 2 heterocycles. The average molecular weight is 271 g/mol. The van der Waals surface area contributed by atoms with Crippen LogP contribution in [0.5, 0.6) is 0 Å². The lowest BCUT2D eigenvalue weighted by molar-refractivity contribution is 0.0714. The number of nitrogens with zero attached hydrogens (tertiary/aromatic N) is 2. The lowest BCUT2D eigenvalue weighted by atomic mass is 10.2. The first-order chi connectivity index (χ1) is 9.74. The molecule has 1 aromatic heterocycles. The number of anilines is 2. The highest BCUT2D eigenvalue weighted by molar-refractivity contribution is 5.91. The largest absolute Gasteiger partial charge is 0.459 e. The number of amides is 1. The summed E-state index contributed by atoms with van der Waals surface area (Å²) in [5, 5.41) is 0. The lowest BCUT2D eigenvalue weighted by Crippen LogP contribution is -2.48. The zero-order chi connectivity index (χ0) is 13.9. The van der Waals surface area contributed by atoms with Crippen LogP contribution in [0.4, 0.5) is 11.4 Å². The lowest BCUT2D eigenvalue weighted by Gasteiger charge is -2.35. The molecule has 0 unspecified atom stereocenters. The molecule has 0 aliphatic carbocycles. The van der Waals surface area contributed by atoms with Crippen LogP contribution in [-0.2, 0) is 0 Å². The van der Waals surface area contributed by atoms with Gasteiger partial charge in [0.1, 0.15) is 0 Å². The number of carbonyl (C=O) groups is 1. The maximum absolute atomic E-state index is 12.2. The van der Waals surface area contributed by atoms with Crippen molar-refractivity contribution in [2.24, 2.45) is 0 Å². The van der Waals surface area contributed by atoms with Gasteiger partial charge in [0.2, 0.25) is 0 Å². The van der Waals surface area contributed by atoms with E-state index in [4.69, 9.17) is 10.2 Å². The molecule has 0 radical (unpaired) electrons. The third kappa shape index (κ3) is 2.47. The van der Waals surface area contributed by atoms with Crippen molar-refractivity contribution in [3.63, 3.8) is 0 Å². The highest BCUT2D eigenvalue weighted by Crippen LogP contribution is 2.19. The van der Waals surface area contributed by atoms with Crippen molar-refractivity contribution in [2.75, 3.05) is 36.8 Å². The number of nitrogens with two attached hydrogens (primary N) is 1. The fourth-order valence-electron chi connectivity index (χ4n) is 2.45. The Morgan fingerprint density at radius 1 is 1.10 bits per heavy atom. The molecule has 3 rings (SSSR count). The highest BCUT2D eigenvalue weighted by Gasteiger charge is 2.23. The van der Waals surface area contributed by atoms with Gasteiger partial charge in [-0.05, 0) is 30.3 Å². The van der Waals surface area contributed by atoms with Gasteiger partial charge in [0.15, 0.2) is 5.76 Å². The molecule has 1 amide bonds. The molecule has 2 aromatic rings. The summed E-state index contributed by atoms with van der Waals surface area (Å²) in [7, 11) is 0. The minimum Gasteiger partial charge on any atom is -0.459 e. The minimum absolute atomic E-state index is 0.0396. The van der Waals surface area contributed by atoms with Gasteiger partial charge in [0.25, 0.3) is 5.91 Å². The van der Waals surface area contributed by atoms with E-state index in [0.717, 1.165) is 24.5 Å². The van der Waals surface area contributed by atoms with Crippen molar-refractivity contribution in [3.8, 4) is 0 Å². The quantitative estimate of drug-likeness (QED) is 0.846. The summed E-state index contributed by atoms with van der Waals surface area (Å²) in [5.74, 6) is 0.365. The number of carbonyl (C=O) groups excluding carboxylic acids is 1. The smallest absolute Gasteiger partial charge is 0.289 e. The van der Waals surface area contributed by atoms with Gasteiger partial charge in [-0.25, -0.2) is 0 Å². The van der Waals surface area contributed by atoms with Crippen molar-refractivity contribution in [1.29, 1.82) is 0 Å². The van der Waals surface area contributed by atoms with E-state index >= 15 is 0 Å². The second-order valence-electron chi connectivity index (χ2n) is 4.85. The minimum atomic E-state index is -0.0396. The van der Waals surface area contributed by atoms with Crippen LogP contribution in [0.15, 0.2) is 47.1 Å². The summed E-state index contributed by atoms with van der Waals surface area (Å²) in [6, 6.07) is 11.3. The number of hydrogen-bond acceptors (Lipinski definition) is 4. The predicted molar refractivity (Wildman–Crippen MR) is 77.7 cm³/mol. The fourth-order valence-corrected chi connectivity index (χ4v) is 2.45. The summed E-state index contributed by atoms with van der Waals surface area (Å²) >= 11 is 0. The molecule has 20 heavy (non-hydrogen) atoms. The molecule has 1 aliphatic heterocycles. The van der Waals surface area contributed by atoms with Crippen molar-refractivity contribution in [2.45, 2.75) is 0 Å². The maximum Gasteiger partial charge on any atom is 0.289 e. The summed E-state index contributed by atoms with van der Waals surface area (Å²) in [4.78, 5) is 16.2. The van der Waals surface area contributed by atoms with Gasteiger partial charge < -0.3 is 20.0 Å². The van der Waals surface area contributed by atoms with Gasteiger partial charge in [-0.1, -0.05) is 6.07 Å². The first-order valence-electron chi connectivity index (χ1n) is 6.67. The number of benzene rings is 1. The van der Waals surface area contributed by atoms with Crippen LogP contribution in [-0.4, -0.2) is 37.0 Å². The van der Waals surface area contributed by atoms with Gasteiger partial charge in [0, 0.05) is 37.6 Å². The summed E-state index contributed by atoms with van der Waals surface area (Å²) < 4.78 is 5.15. The molecular weight excluding hydrogens is 254 g/mol. The monoisotopic (exact) mass is 271 g/mol. The topological polar surface area (TPSA) is 62.7 Å². The van der Waals surface area contributed by atoms with Crippen LogP contribution >= 0.6 is 0 Å². The predicted octanol–water partition coefficient (Wildman–Crippen LogP) is 1.82. The first-order valence-corrected chi connectivity index (χ1v) is 6.67. The Morgan fingerprint density at radius 2 is 1.90 bits per heavy atom. The Hall–Kier alpha value is -2.43. The molecule has 0 saturated carbocycles. The standard InChI is InChI=1S/C15H17N3O2/c16-12-3-1-4-13(11-12)17-6-8-18(9-7-17)15(19)14-5-2-10-20-14/h1-5,10-11H,6-9,16H2. The summed E-state index contributed by atoms with van der Waals surface area (Å²) in [5.41, 5.74) is 7.67. The molecule has 1 aliphatic rings. The molecule has 2 N–H and O–H groups in total. The van der Waals surface area contributed by atoms with Gasteiger partial charge in [-0.15, -0.1) is 0 Å². The zero-order valence-electron chi connectivity index (χ0n) is 11.2. The van der Waals surface area contributed by atoms with E-state index in [1.165, 1.54) is 6.26 Å². The molecule has 1 saturated heterocycles. The van der Waals surface area contributed by atoms with Crippen LogP contribution in [0, 0.1) is 0 Å². The Labute approximate surface area is 117 Å². The number of hydrogen-bond donors (Lipinski definition) is 1. The average Bonchev–Trinajstić information content (AvgIpc) is 3.01. The van der Waals surface area contributed by atoms with Gasteiger partial charge >= 0.3 is 0 Å². The first kappa shape index (κ1) is 12.6. The van der Waals surface area contributed by atoms with E-state index in [1.54, 1.807) is 12.1 Å². The van der Waals surface area contributed by atoms with Crippen molar-refractivity contribution in [3.05, 3.63) is 48.4 Å². The Morgan fingerprint density at radius 3 is 2.55 bits per heavy atom. The van der Waals surface area contributed by atoms with E-state index in [2.05, 4.69) is 4.90 Å². The maximum atomic E-state index is 12.2. The number of furan rings is 1. The van der Waals surface area contributed by atoms with Gasteiger partial charge in [-0.3, -0.25) is 4.79 Å². The van der Waals surface area contributed by atoms with Crippen LogP contribution in [0.25, 0.3) is 0 Å². The van der Waals surface area contributed by atoms with Crippen LogP contribution in [0.3, 0.4) is 0 Å². The molecular formula is C15H17N3O2. The summed E-state index contributed by atoms with van der Waals surface area (Å²) in [6.45, 7) is 2.98. The van der Waals surface area contributed by atoms with Gasteiger partial charge in [0.05, 0.1) is 6.26 Å². The molecule has 1 fully saturated rings. The second kappa shape index (κ2) is 5.28. The van der Waals surface area contributed by atoms with Crippen molar-refractivity contribution < 1.29 is 9.21 Å². The fraction of sp³-hybridized carbons (Fsp3) is 0.267. The summed E-state index contributed by atoms with van der Waals surface area (Å²) in [6.07, 6.45) is 1.52. The zero-order valence-corrected chi connectivity index (χ0v) is 11.2. The van der Waals surface area contributed by atoms with Crippen LogP contribution < -0.4 is 10.6 Å². The Kier molecular flexibility index (Phi) is 3.33. The molecule has 5 nitrogen and oxygen atoms in total. The molecule has 5 heteroatoms. The molecule has 0 atom stereocenters. The second-order valence-corrected chi connectivity index (χ2v) is 4.85. The van der Waals surface area contributed by atoms with Crippen LogP contribution in [0.1, 0.15) is 10.6 Å². The van der Waals surface area contributed by atoms with E-state index in [0.29, 0.717) is 18.8 Å². The third-order valence-electron chi connectivity index (χ3n) is 3.53. The number of nitrogen functional groups attached to an aromatic ring is 1. The Bertz CT molecular complexity index is 587. The SMILES string of the molecule is Nc1cccc(N2CCN(C(=O)c3ccco3)CC2)c1. The third-order valence-corrected chi connectivity index (χ3v) is 3.53. The van der Waals surface area contributed by atoms with Crippen molar-refractivity contribution in [1.82, 2.24) is 4.90 Å². The van der Waals surface area contributed by atoms with E-state index < -0.39 is 0 Å². The molecule has 104 valence electrons. The number of rotatable bonds is 2. The van der Waals surface area contributed by atoms with E-state index in [9.17, 15) is 4.79 Å². The molecule has 0 spiro atoms. The normalized spacial score (nSPS) is 15.4. The number of piperazine rings is 1. The van der Waals surface area contributed by atoms with Gasteiger partial charge in [-0.2, -0.15) is 0 Å². The molecule has 1 aromatic carbocycles. The van der Waals surface area contributed by atoms with E-state index in [1.807, 2.05) is 29.2 Å². The van der Waals surface area contributed by atoms with E-state index in [-0.39, 0.29) is 5.91 Å². The molecule has 0 bridgehead atoms. The van der Waals surface area contributed by atoms with Crippen molar-refractivity contribution >= 4 is 17.3 Å².